The molecule has 2 nitrogen and oxygen atoms in total. The Bertz CT molecular complexity index is 2560. The first-order valence-corrected chi connectivity index (χ1v) is 16.9. The van der Waals surface area contributed by atoms with Crippen LogP contribution in [0.2, 0.25) is 0 Å². The summed E-state index contributed by atoms with van der Waals surface area (Å²) in [5.74, 6) is 0.954. The smallest absolute Gasteiger partial charge is 0.242 e. The molecule has 1 aromatic heterocycles. The molecular weight excluding hydrogens is 579 g/mol. The second-order valence-corrected chi connectivity index (χ2v) is 13.3. The molecule has 3 heteroatoms. The van der Waals surface area contributed by atoms with Crippen molar-refractivity contribution in [2.24, 2.45) is 0 Å². The van der Waals surface area contributed by atoms with Gasteiger partial charge in [-0.05, 0) is 61.4 Å². The molecule has 0 unspecified atom stereocenters. The summed E-state index contributed by atoms with van der Waals surface area (Å²) in [6.45, 7) is 9.12. The van der Waals surface area contributed by atoms with E-state index in [0.29, 0.717) is 0 Å². The van der Waals surface area contributed by atoms with Crippen LogP contribution < -0.4 is 16.4 Å². The number of benzene rings is 8. The van der Waals surface area contributed by atoms with Crippen molar-refractivity contribution in [1.82, 2.24) is 9.55 Å². The van der Waals surface area contributed by atoms with E-state index in [4.69, 9.17) is 4.98 Å². The molecule has 0 spiro atoms. The number of para-hydroxylation sites is 1. The molecule has 0 N–H and O–H groups in total. The van der Waals surface area contributed by atoms with Gasteiger partial charge in [-0.3, -0.25) is 4.57 Å². The van der Waals surface area contributed by atoms with Crippen molar-refractivity contribution >= 4 is 66.5 Å². The van der Waals surface area contributed by atoms with E-state index < -0.39 is 0 Å². The number of rotatable bonds is 5. The highest BCUT2D eigenvalue weighted by atomic mass is 15.1. The lowest BCUT2D eigenvalue weighted by molar-refractivity contribution is 1.11. The van der Waals surface area contributed by atoms with E-state index in [9.17, 15) is 0 Å². The summed E-state index contributed by atoms with van der Waals surface area (Å²) in [4.78, 5) is 5.52. The van der Waals surface area contributed by atoms with Crippen LogP contribution in [0.1, 0.15) is 22.3 Å². The van der Waals surface area contributed by atoms with E-state index in [-0.39, 0.29) is 6.71 Å². The molecule has 0 aliphatic heterocycles. The molecule has 0 saturated heterocycles. The maximum Gasteiger partial charge on any atom is 0.242 e. The minimum Gasteiger partial charge on any atom is -0.292 e. The molecule has 0 fully saturated rings. The Kier molecular flexibility index (Phi) is 6.52. The fourth-order valence-corrected chi connectivity index (χ4v) is 8.30. The van der Waals surface area contributed by atoms with Gasteiger partial charge < -0.3 is 0 Å². The highest BCUT2D eigenvalue weighted by molar-refractivity contribution is 6.96. The molecule has 0 bridgehead atoms. The summed E-state index contributed by atoms with van der Waals surface area (Å²) < 4.78 is 2.38. The molecule has 8 aromatic carbocycles. The third kappa shape index (κ3) is 4.24. The Morgan fingerprint density at radius 2 is 1.00 bits per heavy atom. The van der Waals surface area contributed by atoms with Gasteiger partial charge in [0.1, 0.15) is 5.82 Å². The first-order chi connectivity index (χ1) is 23.5. The van der Waals surface area contributed by atoms with Crippen LogP contribution in [0.4, 0.5) is 0 Å². The van der Waals surface area contributed by atoms with Crippen molar-refractivity contribution < 1.29 is 0 Å². The molecule has 0 saturated carbocycles. The minimum atomic E-state index is 0.133. The number of hydrogen-bond donors (Lipinski definition) is 0. The highest BCUT2D eigenvalue weighted by Gasteiger charge is 2.28. The SMILES string of the molecule is Cc1cccc(C)c1B(c1ccc(-c2nc3c4cccc5ccc6cccc(c6c54)c3n2-c2ccccc2)cc1)c1c(C)cccc1C. The Morgan fingerprint density at radius 1 is 0.479 bits per heavy atom. The summed E-state index contributed by atoms with van der Waals surface area (Å²) >= 11 is 0. The van der Waals surface area contributed by atoms with Crippen LogP contribution in [0, 0.1) is 27.7 Å². The number of imidazole rings is 1. The van der Waals surface area contributed by atoms with Crippen LogP contribution in [0.5, 0.6) is 0 Å². The maximum atomic E-state index is 5.52. The lowest BCUT2D eigenvalue weighted by atomic mass is 9.34. The number of nitrogens with zero attached hydrogens (tertiary/aromatic N) is 2. The zero-order valence-electron chi connectivity index (χ0n) is 27.8. The summed E-state index contributed by atoms with van der Waals surface area (Å²) in [5.41, 5.74) is 13.8. The van der Waals surface area contributed by atoms with Gasteiger partial charge in [-0.1, -0.05) is 166 Å². The molecule has 0 radical (unpaired) electrons. The van der Waals surface area contributed by atoms with E-state index in [0.717, 1.165) is 28.1 Å². The average molecular weight is 615 g/mol. The fraction of sp³-hybridized carbons (Fsp3) is 0.0889. The topological polar surface area (TPSA) is 17.8 Å². The quantitative estimate of drug-likeness (QED) is 0.140. The molecule has 9 rings (SSSR count). The van der Waals surface area contributed by atoms with Gasteiger partial charge in [0, 0.05) is 22.0 Å². The van der Waals surface area contributed by atoms with E-state index in [2.05, 4.69) is 172 Å². The summed E-state index contributed by atoms with van der Waals surface area (Å²) in [6.07, 6.45) is 0. The largest absolute Gasteiger partial charge is 0.292 e. The van der Waals surface area contributed by atoms with E-state index in [1.807, 2.05) is 0 Å². The molecule has 48 heavy (non-hydrogen) atoms. The van der Waals surface area contributed by atoms with E-state index in [1.165, 1.54) is 71.0 Å². The molecule has 0 aliphatic rings. The summed E-state index contributed by atoms with van der Waals surface area (Å²) in [7, 11) is 0. The molecule has 228 valence electrons. The second kappa shape index (κ2) is 11.0. The van der Waals surface area contributed by atoms with Gasteiger partial charge in [-0.15, -0.1) is 0 Å². The number of aryl methyl sites for hydroxylation is 4. The van der Waals surface area contributed by atoms with E-state index >= 15 is 0 Å². The standard InChI is InChI=1S/C45H35BN2/c1-28-12-8-13-29(2)41(28)46(42-30(3)14-9-15-31(42)4)35-26-24-34(25-27-35)45-47-43-37-20-10-16-32-22-23-33-17-11-21-38(40(33)39(32)37)44(43)48(45)36-18-6-5-7-19-36/h5-27H,1-4H3. The Morgan fingerprint density at radius 3 is 1.58 bits per heavy atom. The van der Waals surface area contributed by atoms with Crippen molar-refractivity contribution in [3.63, 3.8) is 0 Å². The van der Waals surface area contributed by atoms with Crippen molar-refractivity contribution in [1.29, 1.82) is 0 Å². The lowest BCUT2D eigenvalue weighted by Crippen LogP contribution is -2.55. The van der Waals surface area contributed by atoms with Crippen LogP contribution >= 0.6 is 0 Å². The Balaban J connectivity index is 1.32. The van der Waals surface area contributed by atoms with Crippen LogP contribution in [-0.4, -0.2) is 16.3 Å². The molecule has 0 aliphatic carbocycles. The fourth-order valence-electron chi connectivity index (χ4n) is 8.30. The van der Waals surface area contributed by atoms with Gasteiger partial charge in [0.25, 0.3) is 0 Å². The zero-order valence-corrected chi connectivity index (χ0v) is 27.8. The average Bonchev–Trinajstić information content (AvgIpc) is 3.52. The van der Waals surface area contributed by atoms with E-state index in [1.54, 1.807) is 0 Å². The normalized spacial score (nSPS) is 11.8. The third-order valence-electron chi connectivity index (χ3n) is 10.5. The van der Waals surface area contributed by atoms with Crippen LogP contribution in [0.25, 0.3) is 60.4 Å². The van der Waals surface area contributed by atoms with Gasteiger partial charge in [0.05, 0.1) is 11.0 Å². The number of aromatic nitrogens is 2. The molecule has 0 atom stereocenters. The summed E-state index contributed by atoms with van der Waals surface area (Å²) in [5, 5.41) is 7.54. The molecule has 9 aromatic rings. The Labute approximate surface area is 281 Å². The molecule has 0 amide bonds. The van der Waals surface area contributed by atoms with Crippen molar-refractivity contribution in [2.75, 3.05) is 0 Å². The van der Waals surface area contributed by atoms with Gasteiger partial charge in [-0.2, -0.15) is 0 Å². The second-order valence-electron chi connectivity index (χ2n) is 13.3. The summed E-state index contributed by atoms with van der Waals surface area (Å²) in [6, 6.07) is 51.1. The van der Waals surface area contributed by atoms with Gasteiger partial charge >= 0.3 is 0 Å². The number of fused-ring (bicyclic) bond motifs is 3. The van der Waals surface area contributed by atoms with Crippen molar-refractivity contribution in [3.05, 3.63) is 162 Å². The third-order valence-corrected chi connectivity index (χ3v) is 10.5. The first-order valence-electron chi connectivity index (χ1n) is 16.9. The number of hydrogen-bond acceptors (Lipinski definition) is 1. The Hall–Kier alpha value is -5.67. The van der Waals surface area contributed by atoms with Crippen molar-refractivity contribution in [2.45, 2.75) is 27.7 Å². The predicted molar refractivity (Wildman–Crippen MR) is 207 cm³/mol. The van der Waals surface area contributed by atoms with Crippen molar-refractivity contribution in [3.8, 4) is 17.1 Å². The lowest BCUT2D eigenvalue weighted by Gasteiger charge is -2.23. The van der Waals surface area contributed by atoms with Gasteiger partial charge in [-0.25, -0.2) is 4.98 Å². The van der Waals surface area contributed by atoms with Gasteiger partial charge in [0.2, 0.25) is 6.71 Å². The van der Waals surface area contributed by atoms with Gasteiger partial charge in [0.15, 0.2) is 0 Å². The van der Waals surface area contributed by atoms with Crippen LogP contribution in [0.3, 0.4) is 0 Å². The predicted octanol–water partition coefficient (Wildman–Crippen LogP) is 9.34. The molecule has 1 heterocycles. The van der Waals surface area contributed by atoms with Crippen LogP contribution in [-0.2, 0) is 0 Å². The zero-order chi connectivity index (χ0) is 32.5. The van der Waals surface area contributed by atoms with Crippen LogP contribution in [0.15, 0.2) is 140 Å². The molecular formula is C45H35BN2. The highest BCUT2D eigenvalue weighted by Crippen LogP contribution is 2.42. The first kappa shape index (κ1) is 28.5. The maximum absolute atomic E-state index is 5.52. The minimum absolute atomic E-state index is 0.133. The monoisotopic (exact) mass is 614 g/mol.